The van der Waals surface area contributed by atoms with E-state index in [1.54, 1.807) is 6.20 Å². The number of likely N-dealkylation sites (tertiary alicyclic amines) is 1. The normalized spacial score (nSPS) is 27.2. The van der Waals surface area contributed by atoms with Gasteiger partial charge in [0.25, 0.3) is 0 Å². The number of nitrogens with zero attached hydrogens (tertiary/aromatic N) is 3. The molecule has 1 amide bonds. The van der Waals surface area contributed by atoms with E-state index >= 15 is 0 Å². The van der Waals surface area contributed by atoms with Crippen LogP contribution in [0.2, 0.25) is 0 Å². The van der Waals surface area contributed by atoms with E-state index in [0.29, 0.717) is 45.8 Å². The van der Waals surface area contributed by atoms with Gasteiger partial charge in [-0.3, -0.25) is 9.59 Å². The van der Waals surface area contributed by atoms with Crippen LogP contribution in [0.5, 0.6) is 0 Å². The quantitative estimate of drug-likeness (QED) is 0.683. The standard InChI is InChI=1S/C19H25N3O4.C2HF3O2/c23-17(14-5-9-26-12-14)21-8-3-6-19(18(24)25)13-22(11-15(19)10-21)16-4-1-2-7-20-16;3-2(4,5)1(6)7/h1-2,4,7,14-15H,3,5-6,8-13H2,(H,24,25);(H,6,7)/t14?,15-,19-;/m0./s1. The summed E-state index contributed by atoms with van der Waals surface area (Å²) in [5, 5.41) is 17.2. The molecule has 3 aliphatic heterocycles. The average molecular weight is 473 g/mol. The first-order valence-corrected chi connectivity index (χ1v) is 10.6. The van der Waals surface area contributed by atoms with Gasteiger partial charge in [-0.2, -0.15) is 13.2 Å². The molecule has 3 fully saturated rings. The minimum absolute atomic E-state index is 0.0689. The molecule has 3 saturated heterocycles. The first-order valence-electron chi connectivity index (χ1n) is 10.6. The number of aliphatic carboxylic acids is 2. The zero-order chi connectivity index (χ0) is 24.2. The fourth-order valence-electron chi connectivity index (χ4n) is 4.69. The summed E-state index contributed by atoms with van der Waals surface area (Å²) >= 11 is 0. The van der Waals surface area contributed by atoms with E-state index in [-0.39, 0.29) is 17.7 Å². The molecule has 1 aromatic rings. The molecule has 33 heavy (non-hydrogen) atoms. The smallest absolute Gasteiger partial charge is 0.481 e. The van der Waals surface area contributed by atoms with Crippen LogP contribution in [0.3, 0.4) is 0 Å². The molecule has 0 bridgehead atoms. The van der Waals surface area contributed by atoms with Gasteiger partial charge in [-0.1, -0.05) is 6.07 Å². The molecule has 1 unspecified atom stereocenters. The van der Waals surface area contributed by atoms with Crippen molar-refractivity contribution in [2.45, 2.75) is 25.4 Å². The minimum Gasteiger partial charge on any atom is -0.481 e. The number of halogens is 3. The summed E-state index contributed by atoms with van der Waals surface area (Å²) in [4.78, 5) is 42.3. The van der Waals surface area contributed by atoms with Crippen LogP contribution >= 0.6 is 0 Å². The molecule has 4 rings (SSSR count). The molecule has 0 aromatic carbocycles. The Kier molecular flexibility index (Phi) is 7.45. The summed E-state index contributed by atoms with van der Waals surface area (Å²) in [6, 6.07) is 5.69. The molecule has 182 valence electrons. The molecule has 0 radical (unpaired) electrons. The van der Waals surface area contributed by atoms with Crippen molar-refractivity contribution >= 4 is 23.7 Å². The van der Waals surface area contributed by atoms with Crippen LogP contribution < -0.4 is 4.90 Å². The number of carboxylic acids is 2. The second kappa shape index (κ2) is 9.94. The maximum Gasteiger partial charge on any atom is 0.490 e. The lowest BCUT2D eigenvalue weighted by atomic mass is 9.75. The summed E-state index contributed by atoms with van der Waals surface area (Å²) in [6.45, 7) is 3.35. The summed E-state index contributed by atoms with van der Waals surface area (Å²) in [6.07, 6.45) is -1.27. The Morgan fingerprint density at radius 2 is 1.91 bits per heavy atom. The van der Waals surface area contributed by atoms with Crippen molar-refractivity contribution < 1.29 is 42.5 Å². The maximum absolute atomic E-state index is 12.8. The van der Waals surface area contributed by atoms with Crippen LogP contribution in [0.15, 0.2) is 24.4 Å². The Labute approximate surface area is 188 Å². The summed E-state index contributed by atoms with van der Waals surface area (Å²) < 4.78 is 37.1. The van der Waals surface area contributed by atoms with Crippen molar-refractivity contribution in [2.24, 2.45) is 17.3 Å². The highest BCUT2D eigenvalue weighted by molar-refractivity contribution is 5.80. The summed E-state index contributed by atoms with van der Waals surface area (Å²) in [5.74, 6) is -2.73. The number of alkyl halides is 3. The van der Waals surface area contributed by atoms with E-state index in [1.165, 1.54) is 0 Å². The third-order valence-corrected chi connectivity index (χ3v) is 6.42. The average Bonchev–Trinajstić information content (AvgIpc) is 3.39. The van der Waals surface area contributed by atoms with E-state index in [2.05, 4.69) is 9.88 Å². The molecular formula is C21H26F3N3O6. The number of carbonyl (C=O) groups excluding carboxylic acids is 1. The number of hydrogen-bond acceptors (Lipinski definition) is 6. The fourth-order valence-corrected chi connectivity index (χ4v) is 4.69. The van der Waals surface area contributed by atoms with Crippen LogP contribution in [0.4, 0.5) is 19.0 Å². The predicted octanol–water partition coefficient (Wildman–Crippen LogP) is 1.88. The van der Waals surface area contributed by atoms with Gasteiger partial charge in [0.05, 0.1) is 17.9 Å². The number of hydrogen-bond donors (Lipinski definition) is 2. The second-order valence-corrected chi connectivity index (χ2v) is 8.48. The van der Waals surface area contributed by atoms with Crippen molar-refractivity contribution in [1.82, 2.24) is 9.88 Å². The van der Waals surface area contributed by atoms with E-state index in [9.17, 15) is 27.9 Å². The van der Waals surface area contributed by atoms with Crippen molar-refractivity contribution in [3.63, 3.8) is 0 Å². The van der Waals surface area contributed by atoms with E-state index < -0.39 is 23.5 Å². The van der Waals surface area contributed by atoms with E-state index in [1.807, 2.05) is 23.1 Å². The monoisotopic (exact) mass is 473 g/mol. The molecule has 0 aliphatic carbocycles. The largest absolute Gasteiger partial charge is 0.490 e. The van der Waals surface area contributed by atoms with Gasteiger partial charge < -0.3 is 24.7 Å². The zero-order valence-electron chi connectivity index (χ0n) is 17.8. The number of rotatable bonds is 3. The number of carboxylic acid groups (broad SMARTS) is 2. The zero-order valence-corrected chi connectivity index (χ0v) is 17.8. The van der Waals surface area contributed by atoms with Gasteiger partial charge in [0.1, 0.15) is 5.82 Å². The molecule has 9 nitrogen and oxygen atoms in total. The number of anilines is 1. The summed E-state index contributed by atoms with van der Waals surface area (Å²) in [5.41, 5.74) is -0.807. The van der Waals surface area contributed by atoms with Crippen molar-refractivity contribution in [3.8, 4) is 0 Å². The Bertz CT molecular complexity index is 863. The molecule has 3 aliphatic rings. The van der Waals surface area contributed by atoms with Crippen LogP contribution in [-0.4, -0.2) is 83.5 Å². The van der Waals surface area contributed by atoms with Gasteiger partial charge in [0, 0.05) is 44.9 Å². The number of aromatic nitrogens is 1. The number of fused-ring (bicyclic) bond motifs is 1. The van der Waals surface area contributed by atoms with Gasteiger partial charge in [-0.15, -0.1) is 0 Å². The van der Waals surface area contributed by atoms with Gasteiger partial charge in [-0.05, 0) is 31.4 Å². The Morgan fingerprint density at radius 3 is 2.45 bits per heavy atom. The highest BCUT2D eigenvalue weighted by Gasteiger charge is 2.54. The fraction of sp³-hybridized carbons (Fsp3) is 0.619. The highest BCUT2D eigenvalue weighted by atomic mass is 19.4. The Hall–Kier alpha value is -2.89. The molecule has 3 atom stereocenters. The molecule has 0 saturated carbocycles. The topological polar surface area (TPSA) is 120 Å². The lowest BCUT2D eigenvalue weighted by Crippen LogP contribution is -2.44. The van der Waals surface area contributed by atoms with Gasteiger partial charge in [0.15, 0.2) is 0 Å². The molecule has 2 N–H and O–H groups in total. The van der Waals surface area contributed by atoms with E-state index in [4.69, 9.17) is 14.6 Å². The lowest BCUT2D eigenvalue weighted by molar-refractivity contribution is -0.192. The Morgan fingerprint density at radius 1 is 1.18 bits per heavy atom. The molecule has 1 aromatic heterocycles. The molecule has 4 heterocycles. The van der Waals surface area contributed by atoms with Crippen LogP contribution in [0, 0.1) is 17.3 Å². The van der Waals surface area contributed by atoms with Crippen LogP contribution in [-0.2, 0) is 19.1 Å². The molecule has 12 heteroatoms. The second-order valence-electron chi connectivity index (χ2n) is 8.48. The Balaban J connectivity index is 0.000000383. The van der Waals surface area contributed by atoms with Crippen LogP contribution in [0.1, 0.15) is 19.3 Å². The SMILES string of the molecule is O=C(C1CCOC1)N1CCC[C@]2(C(=O)O)CN(c3ccccn3)C[C@@H]2C1.O=C(O)C(F)(F)F. The lowest BCUT2D eigenvalue weighted by Gasteiger charge is -2.30. The number of amides is 1. The van der Waals surface area contributed by atoms with E-state index in [0.717, 1.165) is 18.7 Å². The first-order chi connectivity index (χ1) is 15.5. The van der Waals surface area contributed by atoms with Gasteiger partial charge in [-0.25, -0.2) is 9.78 Å². The third-order valence-electron chi connectivity index (χ3n) is 6.42. The van der Waals surface area contributed by atoms with Crippen molar-refractivity contribution in [1.29, 1.82) is 0 Å². The molecular weight excluding hydrogens is 447 g/mol. The number of pyridine rings is 1. The number of ether oxygens (including phenoxy) is 1. The highest BCUT2D eigenvalue weighted by Crippen LogP contribution is 2.44. The van der Waals surface area contributed by atoms with Gasteiger partial charge >= 0.3 is 18.1 Å². The minimum atomic E-state index is -5.08. The van der Waals surface area contributed by atoms with Crippen molar-refractivity contribution in [3.05, 3.63) is 24.4 Å². The molecule has 0 spiro atoms. The first kappa shape index (κ1) is 24.7. The number of carbonyl (C=O) groups is 3. The third kappa shape index (κ3) is 5.55. The maximum atomic E-state index is 12.8. The predicted molar refractivity (Wildman–Crippen MR) is 108 cm³/mol. The van der Waals surface area contributed by atoms with Gasteiger partial charge in [0.2, 0.25) is 5.91 Å². The summed E-state index contributed by atoms with van der Waals surface area (Å²) in [7, 11) is 0. The van der Waals surface area contributed by atoms with Crippen LogP contribution in [0.25, 0.3) is 0 Å². The van der Waals surface area contributed by atoms with Crippen molar-refractivity contribution in [2.75, 3.05) is 44.3 Å².